The SMILES string of the molecule is CCCCCCCCCCCCCCCCCC(=O)[O-].CCCCCCCCCCCCCCCCCC(=O)[O-].[CH2]C(=O)O.[Mg+2]. The Kier molecular flexibility index (Phi) is 53.9. The van der Waals surface area contributed by atoms with Crippen LogP contribution in [0.2, 0.25) is 0 Å². The van der Waals surface area contributed by atoms with E-state index in [2.05, 4.69) is 20.8 Å². The minimum Gasteiger partial charge on any atom is -0.550 e. The largest absolute Gasteiger partial charge is 2.00 e. The summed E-state index contributed by atoms with van der Waals surface area (Å²) in [5.74, 6) is -2.89. The fourth-order valence-electron chi connectivity index (χ4n) is 5.28. The van der Waals surface area contributed by atoms with Crippen molar-refractivity contribution in [3.05, 3.63) is 6.92 Å². The summed E-state index contributed by atoms with van der Waals surface area (Å²) in [5.41, 5.74) is 0. The Morgan fingerprint density at radius 2 is 0.533 bits per heavy atom. The topological polar surface area (TPSA) is 118 Å². The molecule has 0 aromatic rings. The molecule has 0 fully saturated rings. The molecule has 0 spiro atoms. The second kappa shape index (κ2) is 47.6. The van der Waals surface area contributed by atoms with Gasteiger partial charge in [0.2, 0.25) is 0 Å². The zero-order chi connectivity index (χ0) is 33.4. The average Bonchev–Trinajstić information content (AvgIpc) is 2.97. The standard InChI is InChI=1S/2C18H36O2.C2H3O2.Mg/c2*1-2-3-4-5-6-7-8-9-10-11-12-13-14-15-16-17-18(19)20;1-2(3)4;/h2*2-17H2,1H3,(H,19,20);1H2,(H,3,4);/q;;;+2/p-2. The van der Waals surface area contributed by atoms with Crippen molar-refractivity contribution >= 4 is 41.0 Å². The van der Waals surface area contributed by atoms with E-state index < -0.39 is 17.9 Å². The van der Waals surface area contributed by atoms with Crippen LogP contribution in [-0.2, 0) is 14.4 Å². The van der Waals surface area contributed by atoms with E-state index in [1.54, 1.807) is 0 Å². The number of carboxylic acids is 3. The Morgan fingerprint density at radius 1 is 0.400 bits per heavy atom. The minimum absolute atomic E-state index is 0. The van der Waals surface area contributed by atoms with Crippen LogP contribution in [0.3, 0.4) is 0 Å². The smallest absolute Gasteiger partial charge is 0.550 e. The van der Waals surface area contributed by atoms with E-state index in [9.17, 15) is 19.8 Å². The van der Waals surface area contributed by atoms with Crippen molar-refractivity contribution in [2.75, 3.05) is 0 Å². The average molecular weight is 650 g/mol. The van der Waals surface area contributed by atoms with Gasteiger partial charge in [-0.25, -0.2) is 0 Å². The van der Waals surface area contributed by atoms with Gasteiger partial charge in [0, 0.05) is 11.9 Å². The van der Waals surface area contributed by atoms with Gasteiger partial charge in [-0.1, -0.05) is 194 Å². The first-order valence-electron chi connectivity index (χ1n) is 18.7. The molecular formula is C38H73MgO6. The molecule has 0 saturated carbocycles. The van der Waals surface area contributed by atoms with Gasteiger partial charge in [0.15, 0.2) is 0 Å². The monoisotopic (exact) mass is 650 g/mol. The summed E-state index contributed by atoms with van der Waals surface area (Å²) in [7, 11) is 0. The molecule has 0 aliphatic rings. The molecule has 0 aliphatic heterocycles. The summed E-state index contributed by atoms with van der Waals surface area (Å²) in [5, 5.41) is 27.7. The first kappa shape index (κ1) is 51.0. The van der Waals surface area contributed by atoms with E-state index in [0.717, 1.165) is 25.7 Å². The molecule has 0 rings (SSSR count). The molecule has 263 valence electrons. The maximum absolute atomic E-state index is 10.2. The molecule has 1 radical (unpaired) electrons. The number of carboxylic acid groups (broad SMARTS) is 3. The zero-order valence-corrected chi connectivity index (χ0v) is 31.4. The number of hydrogen-bond acceptors (Lipinski definition) is 5. The van der Waals surface area contributed by atoms with Crippen LogP contribution in [0.4, 0.5) is 0 Å². The molecule has 0 amide bonds. The van der Waals surface area contributed by atoms with Crippen molar-refractivity contribution in [1.29, 1.82) is 0 Å². The van der Waals surface area contributed by atoms with Crippen molar-refractivity contribution in [3.63, 3.8) is 0 Å². The summed E-state index contributed by atoms with van der Waals surface area (Å²) in [4.78, 5) is 29.3. The second-order valence-corrected chi connectivity index (χ2v) is 12.5. The second-order valence-electron chi connectivity index (χ2n) is 12.5. The first-order valence-corrected chi connectivity index (χ1v) is 18.7. The van der Waals surface area contributed by atoms with Crippen LogP contribution in [0.25, 0.3) is 0 Å². The predicted molar refractivity (Wildman–Crippen MR) is 188 cm³/mol. The number of unbranched alkanes of at least 4 members (excludes halogenated alkanes) is 28. The number of rotatable bonds is 32. The van der Waals surface area contributed by atoms with Gasteiger partial charge >= 0.3 is 29.0 Å². The predicted octanol–water partition coefficient (Wildman–Crippen LogP) is 9.52. The van der Waals surface area contributed by atoms with E-state index >= 15 is 0 Å². The summed E-state index contributed by atoms with van der Waals surface area (Å²) >= 11 is 0. The summed E-state index contributed by atoms with van der Waals surface area (Å²) in [6, 6.07) is 0. The Hall–Kier alpha value is -0.824. The summed E-state index contributed by atoms with van der Waals surface area (Å²) in [6.45, 7) is 7.09. The van der Waals surface area contributed by atoms with Gasteiger partial charge in [0.1, 0.15) is 0 Å². The van der Waals surface area contributed by atoms with Crippen molar-refractivity contribution in [2.45, 2.75) is 219 Å². The van der Waals surface area contributed by atoms with Gasteiger partial charge in [-0.2, -0.15) is 0 Å². The molecule has 0 bridgehead atoms. The van der Waals surface area contributed by atoms with Gasteiger partial charge in [-0.3, -0.25) is 4.79 Å². The van der Waals surface area contributed by atoms with E-state index in [1.807, 2.05) is 0 Å². The normalized spacial score (nSPS) is 10.2. The van der Waals surface area contributed by atoms with Gasteiger partial charge in [-0.15, -0.1) is 0 Å². The van der Waals surface area contributed by atoms with Crippen LogP contribution < -0.4 is 10.2 Å². The Balaban J connectivity index is -0.000000327. The quantitative estimate of drug-likeness (QED) is 0.0573. The fourth-order valence-corrected chi connectivity index (χ4v) is 5.28. The van der Waals surface area contributed by atoms with E-state index in [-0.39, 0.29) is 35.9 Å². The maximum Gasteiger partial charge on any atom is 2.00 e. The number of carbonyl (C=O) groups excluding carboxylic acids is 2. The van der Waals surface area contributed by atoms with Gasteiger partial charge in [0.05, 0.1) is 6.92 Å². The van der Waals surface area contributed by atoms with E-state index in [4.69, 9.17) is 9.90 Å². The Bertz CT molecular complexity index is 537. The Morgan fingerprint density at radius 3 is 0.667 bits per heavy atom. The van der Waals surface area contributed by atoms with Gasteiger partial charge in [-0.05, 0) is 25.7 Å². The number of aliphatic carboxylic acids is 3. The van der Waals surface area contributed by atoms with Crippen LogP contribution >= 0.6 is 0 Å². The number of carbonyl (C=O) groups is 3. The third-order valence-corrected chi connectivity index (χ3v) is 7.97. The molecule has 0 unspecified atom stereocenters. The zero-order valence-electron chi connectivity index (χ0n) is 30.0. The van der Waals surface area contributed by atoms with Crippen LogP contribution in [0.15, 0.2) is 0 Å². The Labute approximate surface area is 295 Å². The molecule has 1 N–H and O–H groups in total. The molecule has 0 heterocycles. The van der Waals surface area contributed by atoms with Crippen molar-refractivity contribution < 1.29 is 29.7 Å². The molecule has 0 atom stereocenters. The summed E-state index contributed by atoms with van der Waals surface area (Å²) in [6.07, 6.45) is 39.7. The van der Waals surface area contributed by atoms with Crippen LogP contribution in [0.1, 0.15) is 219 Å². The molecule has 7 heteroatoms. The van der Waals surface area contributed by atoms with Gasteiger partial charge in [0.25, 0.3) is 0 Å². The molecule has 45 heavy (non-hydrogen) atoms. The summed E-state index contributed by atoms with van der Waals surface area (Å²) < 4.78 is 0. The molecular weight excluding hydrogens is 577 g/mol. The van der Waals surface area contributed by atoms with Crippen molar-refractivity contribution in [1.82, 2.24) is 0 Å². The first-order chi connectivity index (χ1) is 21.3. The maximum atomic E-state index is 10.2. The molecule has 6 nitrogen and oxygen atoms in total. The van der Waals surface area contributed by atoms with Crippen LogP contribution in [-0.4, -0.2) is 46.1 Å². The fraction of sp³-hybridized carbons (Fsp3) is 0.895. The molecule has 0 aromatic heterocycles. The third-order valence-electron chi connectivity index (χ3n) is 7.97. The van der Waals surface area contributed by atoms with Gasteiger partial charge < -0.3 is 24.9 Å². The van der Waals surface area contributed by atoms with E-state index in [0.29, 0.717) is 0 Å². The molecule has 0 aromatic carbocycles. The van der Waals surface area contributed by atoms with Crippen molar-refractivity contribution in [3.8, 4) is 0 Å². The van der Waals surface area contributed by atoms with Crippen molar-refractivity contribution in [2.24, 2.45) is 0 Å². The number of hydrogen-bond donors (Lipinski definition) is 1. The van der Waals surface area contributed by atoms with Crippen LogP contribution in [0.5, 0.6) is 0 Å². The minimum atomic E-state index is -1.08. The third kappa shape index (κ3) is 66.5. The molecule has 0 aliphatic carbocycles. The van der Waals surface area contributed by atoms with E-state index in [1.165, 1.54) is 167 Å². The van der Waals surface area contributed by atoms with Crippen LogP contribution in [0, 0.1) is 6.92 Å². The molecule has 0 saturated heterocycles.